The van der Waals surface area contributed by atoms with Gasteiger partial charge in [0.25, 0.3) is 0 Å². The minimum atomic E-state index is -1.03. The van der Waals surface area contributed by atoms with Gasteiger partial charge in [0.15, 0.2) is 0 Å². The summed E-state index contributed by atoms with van der Waals surface area (Å²) in [7, 11) is 0. The number of amides is 1. The Morgan fingerprint density at radius 2 is 2.05 bits per heavy atom. The number of pyridine rings is 2. The molecule has 39 heavy (non-hydrogen) atoms. The Balaban J connectivity index is 1.47. The van der Waals surface area contributed by atoms with Crippen molar-refractivity contribution in [1.82, 2.24) is 14.9 Å². The number of hydrogen-bond donors (Lipinski definition) is 1. The van der Waals surface area contributed by atoms with Crippen molar-refractivity contribution in [3.8, 4) is 5.75 Å². The van der Waals surface area contributed by atoms with Crippen LogP contribution in [0.15, 0.2) is 41.5 Å². The van der Waals surface area contributed by atoms with E-state index in [9.17, 15) is 14.1 Å². The Bertz CT molecular complexity index is 1460. The molecule has 0 aliphatic carbocycles. The molecule has 1 saturated heterocycles. The first-order chi connectivity index (χ1) is 18.6. The van der Waals surface area contributed by atoms with Gasteiger partial charge in [0.2, 0.25) is 0 Å². The molecule has 1 amide bonds. The molecule has 2 aliphatic heterocycles. The van der Waals surface area contributed by atoms with Crippen LogP contribution in [0.25, 0.3) is 10.8 Å². The maximum atomic E-state index is 12.5. The summed E-state index contributed by atoms with van der Waals surface area (Å²) in [6, 6.07) is 9.01. The minimum absolute atomic E-state index is 0.0963. The largest absolute Gasteiger partial charge is 0.486 e. The van der Waals surface area contributed by atoms with Gasteiger partial charge < -0.3 is 14.8 Å². The second-order valence-corrected chi connectivity index (χ2v) is 10.3. The predicted molar refractivity (Wildman–Crippen MR) is 143 cm³/mol. The Labute approximate surface area is 225 Å². The van der Waals surface area contributed by atoms with Crippen LogP contribution in [0.4, 0.5) is 21.0 Å². The summed E-state index contributed by atoms with van der Waals surface area (Å²) >= 11 is 0. The third-order valence-corrected chi connectivity index (χ3v) is 7.54. The highest BCUT2D eigenvalue weighted by Gasteiger charge is 2.40. The number of halogens is 1. The van der Waals surface area contributed by atoms with Crippen molar-refractivity contribution in [2.45, 2.75) is 57.8 Å². The number of aliphatic imine (C=N–C) groups is 1. The zero-order valence-electron chi connectivity index (χ0n) is 22.2. The topological polar surface area (TPSA) is 115 Å². The average Bonchev–Trinajstić information content (AvgIpc) is 2.90. The molecule has 3 aromatic rings. The van der Waals surface area contributed by atoms with E-state index < -0.39 is 11.7 Å². The number of ether oxygens (including phenoxy) is 2. The molecule has 10 nitrogen and oxygen atoms in total. The smallest absolute Gasteiger partial charge is 0.447 e. The molecule has 1 aromatic carbocycles. The van der Waals surface area contributed by atoms with E-state index in [1.54, 1.807) is 18.3 Å². The van der Waals surface area contributed by atoms with Crippen molar-refractivity contribution in [2.75, 3.05) is 18.4 Å². The van der Waals surface area contributed by atoms with E-state index in [-0.39, 0.29) is 37.1 Å². The number of carbonyl (C=O) groups excluding carboxylic acids is 2. The van der Waals surface area contributed by atoms with E-state index >= 15 is 0 Å². The maximum absolute atomic E-state index is 12.5. The van der Waals surface area contributed by atoms with Crippen molar-refractivity contribution in [2.24, 2.45) is 4.99 Å². The van der Waals surface area contributed by atoms with Gasteiger partial charge in [0, 0.05) is 22.0 Å². The highest BCUT2D eigenvalue weighted by molar-refractivity contribution is 5.94. The number of likely N-dealkylation sites (tertiary alicyclic amines) is 1. The van der Waals surface area contributed by atoms with Crippen molar-refractivity contribution < 1.29 is 28.5 Å². The SMILES string of the molecule is C=N[C@@H](CC)c1ccc(OC2CN(C(=O)OF)C2)c2cnc(Nc3ccc4c(n3)[C@@H](C)C(C)(C)OC4=O)cc12. The number of rotatable bonds is 7. The lowest BCUT2D eigenvalue weighted by Crippen LogP contribution is -2.55. The summed E-state index contributed by atoms with van der Waals surface area (Å²) in [5.74, 6) is 1.22. The Hall–Kier alpha value is -4.28. The molecule has 2 atom stereocenters. The van der Waals surface area contributed by atoms with E-state index in [0.717, 1.165) is 22.8 Å². The first-order valence-electron chi connectivity index (χ1n) is 12.8. The molecule has 0 radical (unpaired) electrons. The van der Waals surface area contributed by atoms with Crippen molar-refractivity contribution in [1.29, 1.82) is 0 Å². The molecule has 0 bridgehead atoms. The molecule has 1 fully saturated rings. The highest BCUT2D eigenvalue weighted by atomic mass is 19.3. The zero-order chi connectivity index (χ0) is 27.9. The number of aromatic nitrogens is 2. The van der Waals surface area contributed by atoms with Gasteiger partial charge >= 0.3 is 12.1 Å². The van der Waals surface area contributed by atoms with Crippen LogP contribution < -0.4 is 10.1 Å². The van der Waals surface area contributed by atoms with Crippen LogP contribution in [0.1, 0.15) is 67.7 Å². The third-order valence-electron chi connectivity index (χ3n) is 7.54. The van der Waals surface area contributed by atoms with Crippen molar-refractivity contribution in [3.63, 3.8) is 0 Å². The zero-order valence-corrected chi connectivity index (χ0v) is 22.2. The quantitative estimate of drug-likeness (QED) is 0.304. The molecular formula is C28H30FN5O5. The van der Waals surface area contributed by atoms with E-state index in [4.69, 9.17) is 14.5 Å². The number of benzene rings is 1. The van der Waals surface area contributed by atoms with Crippen LogP contribution in [0.5, 0.6) is 5.75 Å². The van der Waals surface area contributed by atoms with Crippen LogP contribution in [0, 0.1) is 0 Å². The normalized spacial score (nSPS) is 18.9. The molecule has 0 saturated carbocycles. The van der Waals surface area contributed by atoms with Crippen molar-refractivity contribution in [3.05, 3.63) is 53.3 Å². The van der Waals surface area contributed by atoms with Crippen LogP contribution in [-0.2, 0) is 9.68 Å². The Kier molecular flexibility index (Phi) is 6.83. The Morgan fingerprint density at radius 3 is 2.74 bits per heavy atom. The summed E-state index contributed by atoms with van der Waals surface area (Å²) in [5.41, 5.74) is 1.43. The van der Waals surface area contributed by atoms with E-state index in [2.05, 4.69) is 27.0 Å². The Morgan fingerprint density at radius 1 is 1.28 bits per heavy atom. The van der Waals surface area contributed by atoms with Gasteiger partial charge in [0.1, 0.15) is 29.1 Å². The van der Waals surface area contributed by atoms with Crippen LogP contribution in [0.3, 0.4) is 0 Å². The molecular weight excluding hydrogens is 505 g/mol. The molecule has 2 aliphatic rings. The van der Waals surface area contributed by atoms with Gasteiger partial charge in [-0.1, -0.05) is 19.9 Å². The summed E-state index contributed by atoms with van der Waals surface area (Å²) in [6.45, 7) is 12.0. The fourth-order valence-corrected chi connectivity index (χ4v) is 4.92. The molecule has 4 heterocycles. The minimum Gasteiger partial charge on any atom is -0.486 e. The van der Waals surface area contributed by atoms with Gasteiger partial charge in [-0.3, -0.25) is 9.89 Å². The summed E-state index contributed by atoms with van der Waals surface area (Å²) in [4.78, 5) is 41.9. The van der Waals surface area contributed by atoms with Crippen LogP contribution in [0.2, 0.25) is 0 Å². The number of hydrogen-bond acceptors (Lipinski definition) is 9. The molecule has 0 unspecified atom stereocenters. The number of nitrogens with one attached hydrogen (secondary N) is 1. The molecule has 204 valence electrons. The van der Waals surface area contributed by atoms with Gasteiger partial charge in [-0.15, -0.1) is 0 Å². The highest BCUT2D eigenvalue weighted by Crippen LogP contribution is 2.39. The van der Waals surface area contributed by atoms with Gasteiger partial charge in [-0.05, 0) is 62.2 Å². The lowest BCUT2D eigenvalue weighted by molar-refractivity contribution is -0.0974. The van der Waals surface area contributed by atoms with Gasteiger partial charge in [0.05, 0.1) is 30.4 Å². The summed E-state index contributed by atoms with van der Waals surface area (Å²) < 4.78 is 23.9. The molecule has 5 rings (SSSR count). The van der Waals surface area contributed by atoms with E-state index in [0.29, 0.717) is 28.6 Å². The maximum Gasteiger partial charge on any atom is 0.447 e. The van der Waals surface area contributed by atoms with Crippen LogP contribution >= 0.6 is 0 Å². The fraction of sp³-hybridized carbons (Fsp3) is 0.393. The monoisotopic (exact) mass is 535 g/mol. The average molecular weight is 536 g/mol. The van der Waals surface area contributed by atoms with E-state index in [1.165, 1.54) is 4.90 Å². The van der Waals surface area contributed by atoms with E-state index in [1.807, 2.05) is 45.9 Å². The summed E-state index contributed by atoms with van der Waals surface area (Å²) in [6.07, 6.45) is 1.14. The second-order valence-electron chi connectivity index (χ2n) is 10.3. The lowest BCUT2D eigenvalue weighted by Gasteiger charge is -2.37. The third kappa shape index (κ3) is 4.84. The number of esters is 1. The molecule has 2 aromatic heterocycles. The number of fused-ring (bicyclic) bond motifs is 2. The second kappa shape index (κ2) is 10.1. The molecule has 11 heteroatoms. The van der Waals surface area contributed by atoms with Gasteiger partial charge in [-0.25, -0.2) is 24.5 Å². The van der Waals surface area contributed by atoms with Crippen LogP contribution in [-0.4, -0.2) is 58.4 Å². The van der Waals surface area contributed by atoms with Crippen molar-refractivity contribution >= 4 is 41.2 Å². The molecule has 1 N–H and O–H groups in total. The predicted octanol–water partition coefficient (Wildman–Crippen LogP) is 5.66. The number of carbonyl (C=O) groups is 2. The first kappa shape index (κ1) is 26.3. The fourth-order valence-electron chi connectivity index (χ4n) is 4.92. The first-order valence-corrected chi connectivity index (χ1v) is 12.8. The number of nitrogens with zero attached hydrogens (tertiary/aromatic N) is 4. The lowest BCUT2D eigenvalue weighted by atomic mass is 9.84. The standard InChI is InChI=1S/C28H30FN5O5/c1-6-21(30-5)17-7-9-22(37-16-13-34(14-16)27(36)39-29)20-12-31-24(11-19(17)20)32-23-10-8-18-25(33-23)15(2)28(3,4)38-26(18)35/h7-12,15-16,21H,5-6,13-14H2,1-4H3,(H,31,32,33)/t15-,21+/m1/s1. The molecule has 0 spiro atoms. The van der Waals surface area contributed by atoms with Gasteiger partial charge in [-0.2, -0.15) is 0 Å². The summed E-state index contributed by atoms with van der Waals surface area (Å²) in [5, 5.41) is 4.90. The number of anilines is 2. The number of cyclic esters (lactones) is 1.